The highest BCUT2D eigenvalue weighted by atomic mass is 79.9. The molecular weight excluding hydrogens is 249 g/mol. The van der Waals surface area contributed by atoms with Gasteiger partial charge in [0.05, 0.1) is 10.0 Å². The molecule has 6 heteroatoms. The quantitative estimate of drug-likeness (QED) is 0.719. The third kappa shape index (κ3) is 1.98. The molecule has 0 aliphatic carbocycles. The highest BCUT2D eigenvalue weighted by Gasteiger charge is 2.17. The van der Waals surface area contributed by atoms with E-state index >= 15 is 0 Å². The van der Waals surface area contributed by atoms with E-state index in [2.05, 4.69) is 20.9 Å². The minimum absolute atomic E-state index is 0.179. The smallest absolute Gasteiger partial charge is 0.207 e. The number of aromatic nitrogens is 1. The van der Waals surface area contributed by atoms with Crippen LogP contribution in [0.15, 0.2) is 10.5 Å². The average Bonchev–Trinajstić information content (AvgIpc) is 2.08. The average molecular weight is 251 g/mol. The maximum Gasteiger partial charge on any atom is 0.266 e. The van der Waals surface area contributed by atoms with Crippen LogP contribution in [0.2, 0.25) is 0 Å². The largest absolute Gasteiger partial charge is 0.266 e. The van der Waals surface area contributed by atoms with Gasteiger partial charge in [0.25, 0.3) is 6.43 Å². The Bertz CT molecular complexity index is 373. The number of hydrogen-bond acceptors (Lipinski definition) is 2. The molecule has 0 saturated heterocycles. The SMILES string of the molecule is N#Cc1nc(F)c(Br)cc1C(F)F. The minimum Gasteiger partial charge on any atom is -0.207 e. The van der Waals surface area contributed by atoms with Gasteiger partial charge in [-0.15, -0.1) is 0 Å². The molecule has 0 atom stereocenters. The summed E-state index contributed by atoms with van der Waals surface area (Å²) in [4.78, 5) is 3.06. The first-order valence-electron chi connectivity index (χ1n) is 3.10. The van der Waals surface area contributed by atoms with E-state index in [4.69, 9.17) is 5.26 Å². The Morgan fingerprint density at radius 1 is 1.54 bits per heavy atom. The fourth-order valence-electron chi connectivity index (χ4n) is 0.736. The summed E-state index contributed by atoms with van der Waals surface area (Å²) in [6.45, 7) is 0. The number of hydrogen-bond donors (Lipinski definition) is 0. The molecule has 68 valence electrons. The van der Waals surface area contributed by atoms with Gasteiger partial charge in [0, 0.05) is 0 Å². The van der Waals surface area contributed by atoms with Crippen LogP contribution in [0, 0.1) is 17.3 Å². The maximum atomic E-state index is 12.7. The molecule has 0 N–H and O–H groups in total. The van der Waals surface area contributed by atoms with E-state index in [9.17, 15) is 13.2 Å². The van der Waals surface area contributed by atoms with E-state index < -0.39 is 23.6 Å². The van der Waals surface area contributed by atoms with Crippen molar-refractivity contribution < 1.29 is 13.2 Å². The summed E-state index contributed by atoms with van der Waals surface area (Å²) in [5.74, 6) is -0.971. The van der Waals surface area contributed by atoms with E-state index in [-0.39, 0.29) is 4.47 Å². The van der Waals surface area contributed by atoms with E-state index in [1.165, 1.54) is 6.07 Å². The molecule has 1 heterocycles. The molecule has 0 aliphatic heterocycles. The second-order valence-electron chi connectivity index (χ2n) is 2.11. The van der Waals surface area contributed by atoms with Crippen molar-refractivity contribution in [2.24, 2.45) is 0 Å². The van der Waals surface area contributed by atoms with E-state index in [1.54, 1.807) is 0 Å². The van der Waals surface area contributed by atoms with Crippen LogP contribution in [-0.2, 0) is 0 Å². The molecule has 0 unspecified atom stereocenters. The number of pyridine rings is 1. The lowest BCUT2D eigenvalue weighted by molar-refractivity contribution is 0.150. The zero-order chi connectivity index (χ0) is 10.0. The van der Waals surface area contributed by atoms with Crippen molar-refractivity contribution in [1.29, 1.82) is 5.26 Å². The molecule has 0 spiro atoms. The normalized spacial score (nSPS) is 10.2. The monoisotopic (exact) mass is 250 g/mol. The Kier molecular flexibility index (Phi) is 2.88. The predicted molar refractivity (Wildman–Crippen MR) is 41.6 cm³/mol. The van der Waals surface area contributed by atoms with Crippen LogP contribution < -0.4 is 0 Å². The second-order valence-corrected chi connectivity index (χ2v) is 2.97. The van der Waals surface area contributed by atoms with Gasteiger partial charge in [-0.1, -0.05) is 0 Å². The highest BCUT2D eigenvalue weighted by molar-refractivity contribution is 9.10. The number of halogens is 4. The lowest BCUT2D eigenvalue weighted by Crippen LogP contribution is -1.97. The van der Waals surface area contributed by atoms with Crippen LogP contribution in [0.5, 0.6) is 0 Å². The van der Waals surface area contributed by atoms with Crippen LogP contribution in [0.1, 0.15) is 17.7 Å². The lowest BCUT2D eigenvalue weighted by Gasteiger charge is -2.02. The molecule has 0 amide bonds. The van der Waals surface area contributed by atoms with Crippen molar-refractivity contribution in [3.8, 4) is 6.07 Å². The van der Waals surface area contributed by atoms with Gasteiger partial charge in [-0.05, 0) is 22.0 Å². The van der Waals surface area contributed by atoms with Crippen molar-refractivity contribution in [2.45, 2.75) is 6.43 Å². The van der Waals surface area contributed by atoms with Gasteiger partial charge >= 0.3 is 0 Å². The van der Waals surface area contributed by atoms with Crippen molar-refractivity contribution in [3.63, 3.8) is 0 Å². The number of rotatable bonds is 1. The van der Waals surface area contributed by atoms with E-state index in [1.807, 2.05) is 0 Å². The number of nitriles is 1. The molecule has 0 aromatic carbocycles. The van der Waals surface area contributed by atoms with Gasteiger partial charge in [-0.25, -0.2) is 13.8 Å². The van der Waals surface area contributed by atoms with Gasteiger partial charge < -0.3 is 0 Å². The number of alkyl halides is 2. The molecular formula is C7H2BrF3N2. The van der Waals surface area contributed by atoms with Crippen molar-refractivity contribution in [3.05, 3.63) is 27.7 Å². The van der Waals surface area contributed by atoms with Crippen LogP contribution in [0.25, 0.3) is 0 Å². The first kappa shape index (κ1) is 9.99. The summed E-state index contributed by atoms with van der Waals surface area (Å²) in [5.41, 5.74) is -1.16. The molecule has 13 heavy (non-hydrogen) atoms. The summed E-state index contributed by atoms with van der Waals surface area (Å²) in [6.07, 6.45) is -2.83. The fourth-order valence-corrected chi connectivity index (χ4v) is 1.07. The molecule has 1 aromatic heterocycles. The maximum absolute atomic E-state index is 12.7. The van der Waals surface area contributed by atoms with Gasteiger partial charge in [0.15, 0.2) is 5.69 Å². The van der Waals surface area contributed by atoms with Crippen molar-refractivity contribution in [1.82, 2.24) is 4.98 Å². The summed E-state index contributed by atoms with van der Waals surface area (Å²) in [6, 6.07) is 2.25. The van der Waals surface area contributed by atoms with Crippen molar-refractivity contribution >= 4 is 15.9 Å². The standard InChI is InChI=1S/C7H2BrF3N2/c8-4-1-3(6(9)10)5(2-12)13-7(4)11/h1,6H. The third-order valence-corrected chi connectivity index (χ3v) is 1.86. The van der Waals surface area contributed by atoms with Crippen LogP contribution >= 0.6 is 15.9 Å². The van der Waals surface area contributed by atoms with Crippen LogP contribution in [0.4, 0.5) is 13.2 Å². The Balaban J connectivity index is 3.35. The second kappa shape index (κ2) is 3.75. The van der Waals surface area contributed by atoms with Gasteiger partial charge in [-0.2, -0.15) is 9.65 Å². The predicted octanol–water partition coefficient (Wildman–Crippen LogP) is 2.79. The molecule has 2 nitrogen and oxygen atoms in total. The van der Waals surface area contributed by atoms with Gasteiger partial charge in [0.2, 0.25) is 5.95 Å². The molecule has 1 rings (SSSR count). The molecule has 0 radical (unpaired) electrons. The zero-order valence-electron chi connectivity index (χ0n) is 6.06. The van der Waals surface area contributed by atoms with E-state index in [0.29, 0.717) is 0 Å². The Hall–Kier alpha value is -1.09. The summed E-state index contributed by atoms with van der Waals surface area (Å²) in [5, 5.41) is 8.35. The summed E-state index contributed by atoms with van der Waals surface area (Å²) in [7, 11) is 0. The molecule has 0 fully saturated rings. The van der Waals surface area contributed by atoms with Crippen LogP contribution in [-0.4, -0.2) is 4.98 Å². The first-order valence-corrected chi connectivity index (χ1v) is 3.89. The Morgan fingerprint density at radius 2 is 2.15 bits per heavy atom. The number of nitrogens with zero attached hydrogens (tertiary/aromatic N) is 2. The van der Waals surface area contributed by atoms with Gasteiger partial charge in [0.1, 0.15) is 6.07 Å². The summed E-state index contributed by atoms with van der Waals surface area (Å²) < 4.78 is 36.9. The molecule has 0 saturated carbocycles. The summed E-state index contributed by atoms with van der Waals surface area (Å²) >= 11 is 2.70. The zero-order valence-corrected chi connectivity index (χ0v) is 7.65. The lowest BCUT2D eigenvalue weighted by atomic mass is 10.2. The minimum atomic E-state index is -2.83. The molecule has 1 aromatic rings. The topological polar surface area (TPSA) is 36.7 Å². The molecule has 0 aliphatic rings. The Labute approximate surface area is 80.1 Å². The first-order chi connectivity index (χ1) is 6.06. The van der Waals surface area contributed by atoms with Crippen molar-refractivity contribution in [2.75, 3.05) is 0 Å². The highest BCUT2D eigenvalue weighted by Crippen LogP contribution is 2.25. The van der Waals surface area contributed by atoms with E-state index in [0.717, 1.165) is 6.07 Å². The fraction of sp³-hybridized carbons (Fsp3) is 0.143. The Morgan fingerprint density at radius 3 is 2.62 bits per heavy atom. The molecule has 0 bridgehead atoms. The van der Waals surface area contributed by atoms with Crippen LogP contribution in [0.3, 0.4) is 0 Å². The third-order valence-electron chi connectivity index (χ3n) is 1.30. The van der Waals surface area contributed by atoms with Gasteiger partial charge in [-0.3, -0.25) is 0 Å².